The molecule has 0 aromatic rings. The number of nitrogens with one attached hydrogen (secondary N) is 1. The van der Waals surface area contributed by atoms with Crippen molar-refractivity contribution in [2.45, 2.75) is 422 Å². The van der Waals surface area contributed by atoms with Crippen molar-refractivity contribution in [2.24, 2.45) is 0 Å². The fourth-order valence-electron chi connectivity index (χ4n) is 12.0. The molecule has 9 atom stereocenters. The second-order valence-electron chi connectivity index (χ2n) is 25.7. The lowest BCUT2D eigenvalue weighted by atomic mass is 9.98. The van der Waals surface area contributed by atoms with Crippen LogP contribution in [0.1, 0.15) is 367 Å². The van der Waals surface area contributed by atoms with Gasteiger partial charge in [-0.05, 0) is 38.5 Å². The van der Waals surface area contributed by atoms with Crippen LogP contribution >= 0.6 is 0 Å². The maximum absolute atomic E-state index is 13.2. The Morgan fingerprint density at radius 3 is 1.02 bits per heavy atom. The van der Waals surface area contributed by atoms with Gasteiger partial charge in [-0.25, -0.2) is 0 Å². The lowest BCUT2D eigenvalue weighted by Gasteiger charge is -2.40. The minimum absolute atomic E-state index is 0.265. The lowest BCUT2D eigenvalue weighted by Crippen LogP contribution is -2.60. The maximum atomic E-state index is 13.2. The van der Waals surface area contributed by atoms with Crippen LogP contribution in [-0.4, -0.2) is 110 Å². The molecule has 0 aliphatic carbocycles. The summed E-state index contributed by atoms with van der Waals surface area (Å²) in [6.07, 6.45) is 63.2. The zero-order valence-corrected chi connectivity index (χ0v) is 54.0. The molecule has 0 bridgehead atoms. The van der Waals surface area contributed by atoms with Gasteiger partial charge in [-0.3, -0.25) is 4.79 Å². The summed E-state index contributed by atoms with van der Waals surface area (Å²) >= 11 is 0. The third-order valence-corrected chi connectivity index (χ3v) is 17.8. The van der Waals surface area contributed by atoms with E-state index in [1.807, 2.05) is 0 Å². The molecule has 0 radical (unpaired) electrons. The van der Waals surface area contributed by atoms with E-state index >= 15 is 0 Å². The topological polar surface area (TPSA) is 189 Å². The number of carbonyl (C=O) groups is 1. The Bertz CT molecular complexity index is 1340. The number of unbranched alkanes of at least 4 members (excludes halogenated alkanes) is 50. The summed E-state index contributed by atoms with van der Waals surface area (Å²) in [7, 11) is 0. The van der Waals surface area contributed by atoms with Gasteiger partial charge in [-0.15, -0.1) is 0 Å². The highest BCUT2D eigenvalue weighted by atomic mass is 16.7. The number of allylic oxidation sites excluding steroid dienone is 2. The number of aliphatic hydroxyl groups excluding tert-OH is 7. The predicted molar refractivity (Wildman–Crippen MR) is 344 cm³/mol. The molecule has 0 aromatic carbocycles. The van der Waals surface area contributed by atoms with Crippen molar-refractivity contribution in [3.05, 3.63) is 12.2 Å². The van der Waals surface area contributed by atoms with Crippen molar-refractivity contribution >= 4 is 5.91 Å². The molecule has 11 heteroatoms. The number of ether oxygens (including phenoxy) is 2. The Morgan fingerprint density at radius 1 is 0.415 bits per heavy atom. The molecule has 488 valence electrons. The molecule has 9 unspecified atom stereocenters. The summed E-state index contributed by atoms with van der Waals surface area (Å²) in [5.41, 5.74) is 0. The molecular weight excluding hydrogens is 1030 g/mol. The highest BCUT2D eigenvalue weighted by molar-refractivity contribution is 5.80. The van der Waals surface area contributed by atoms with Crippen LogP contribution in [-0.2, 0) is 14.3 Å². The third-order valence-electron chi connectivity index (χ3n) is 17.8. The first-order valence-electron chi connectivity index (χ1n) is 36.1. The van der Waals surface area contributed by atoms with Crippen molar-refractivity contribution in [1.29, 1.82) is 0 Å². The van der Waals surface area contributed by atoms with Gasteiger partial charge >= 0.3 is 0 Å². The van der Waals surface area contributed by atoms with Crippen molar-refractivity contribution < 1.29 is 50.0 Å². The summed E-state index contributed by atoms with van der Waals surface area (Å²) in [6.45, 7) is 3.51. The molecule has 1 aliphatic heterocycles. The molecule has 0 aromatic heterocycles. The van der Waals surface area contributed by atoms with E-state index in [1.54, 1.807) is 0 Å². The van der Waals surface area contributed by atoms with Crippen molar-refractivity contribution in [3.8, 4) is 0 Å². The van der Waals surface area contributed by atoms with Crippen LogP contribution < -0.4 is 5.32 Å². The zero-order valence-electron chi connectivity index (χ0n) is 54.0. The summed E-state index contributed by atoms with van der Waals surface area (Å²) in [4.78, 5) is 13.2. The van der Waals surface area contributed by atoms with Gasteiger partial charge in [0.1, 0.15) is 36.6 Å². The quantitative estimate of drug-likeness (QED) is 0.0215. The number of hydrogen-bond acceptors (Lipinski definition) is 10. The Hall–Kier alpha value is -1.15. The molecule has 82 heavy (non-hydrogen) atoms. The van der Waals surface area contributed by atoms with E-state index < -0.39 is 74.2 Å². The van der Waals surface area contributed by atoms with Gasteiger partial charge in [-0.1, -0.05) is 341 Å². The Morgan fingerprint density at radius 2 is 0.707 bits per heavy atom. The van der Waals surface area contributed by atoms with E-state index in [0.717, 1.165) is 38.5 Å². The zero-order chi connectivity index (χ0) is 59.6. The van der Waals surface area contributed by atoms with Crippen molar-refractivity contribution in [1.82, 2.24) is 5.32 Å². The molecule has 1 rings (SSSR count). The Balaban J connectivity index is 2.11. The van der Waals surface area contributed by atoms with Crippen LogP contribution in [0.25, 0.3) is 0 Å². The SMILES string of the molecule is CCCCCCCCCCCCCCCCCCCC/C=C\CCCCCCCCCCCCCCCCCCC(O)C(=O)NC(COC1OC(CO)C(O)C(O)C1O)C(O)C(O)CCCCCCCCCCCCCCCCCCC. The number of aliphatic hydroxyl groups is 7. The van der Waals surface area contributed by atoms with Gasteiger partial charge in [0, 0.05) is 0 Å². The summed E-state index contributed by atoms with van der Waals surface area (Å²) in [6, 6.07) is -1.17. The molecular formula is C71H139NO10. The largest absolute Gasteiger partial charge is 0.394 e. The number of rotatable bonds is 64. The lowest BCUT2D eigenvalue weighted by molar-refractivity contribution is -0.303. The minimum atomic E-state index is -1.66. The summed E-state index contributed by atoms with van der Waals surface area (Å²) in [5, 5.41) is 76.4. The summed E-state index contributed by atoms with van der Waals surface area (Å²) in [5.74, 6) is -0.689. The van der Waals surface area contributed by atoms with Gasteiger partial charge in [0.2, 0.25) is 5.91 Å². The molecule has 1 fully saturated rings. The van der Waals surface area contributed by atoms with Gasteiger partial charge in [0.15, 0.2) is 6.29 Å². The second kappa shape index (κ2) is 60.1. The van der Waals surface area contributed by atoms with E-state index in [-0.39, 0.29) is 6.42 Å². The highest BCUT2D eigenvalue weighted by Crippen LogP contribution is 2.24. The predicted octanol–water partition coefficient (Wildman–Crippen LogP) is 17.4. The van der Waals surface area contributed by atoms with Crippen LogP contribution in [0.2, 0.25) is 0 Å². The first kappa shape index (κ1) is 78.9. The Kier molecular flexibility index (Phi) is 57.8. The fourth-order valence-corrected chi connectivity index (χ4v) is 12.0. The van der Waals surface area contributed by atoms with Gasteiger partial charge in [0.05, 0.1) is 25.4 Å². The molecule has 8 N–H and O–H groups in total. The average molecular weight is 1170 g/mol. The van der Waals surface area contributed by atoms with E-state index in [9.17, 15) is 40.5 Å². The first-order valence-corrected chi connectivity index (χ1v) is 36.1. The molecule has 0 saturated carbocycles. The van der Waals surface area contributed by atoms with Crippen LogP contribution in [0.4, 0.5) is 0 Å². The van der Waals surface area contributed by atoms with Gasteiger partial charge in [0.25, 0.3) is 0 Å². The molecule has 1 saturated heterocycles. The fraction of sp³-hybridized carbons (Fsp3) is 0.958. The Labute approximate surface area is 506 Å². The van der Waals surface area contributed by atoms with Crippen LogP contribution in [0.5, 0.6) is 0 Å². The molecule has 1 heterocycles. The molecule has 1 aliphatic rings. The van der Waals surface area contributed by atoms with E-state index in [0.29, 0.717) is 19.3 Å². The van der Waals surface area contributed by atoms with E-state index in [1.165, 1.54) is 289 Å². The number of hydrogen-bond donors (Lipinski definition) is 8. The first-order chi connectivity index (χ1) is 40.2. The maximum Gasteiger partial charge on any atom is 0.249 e. The molecule has 11 nitrogen and oxygen atoms in total. The highest BCUT2D eigenvalue weighted by Gasteiger charge is 2.44. The van der Waals surface area contributed by atoms with E-state index in [2.05, 4.69) is 31.3 Å². The van der Waals surface area contributed by atoms with Gasteiger partial charge < -0.3 is 50.5 Å². The van der Waals surface area contributed by atoms with Crippen molar-refractivity contribution in [2.75, 3.05) is 13.2 Å². The third kappa shape index (κ3) is 47.0. The number of carbonyl (C=O) groups excluding carboxylic acids is 1. The second-order valence-corrected chi connectivity index (χ2v) is 25.7. The van der Waals surface area contributed by atoms with Crippen molar-refractivity contribution in [3.63, 3.8) is 0 Å². The van der Waals surface area contributed by atoms with Crippen LogP contribution in [0.15, 0.2) is 12.2 Å². The monoisotopic (exact) mass is 1170 g/mol. The minimum Gasteiger partial charge on any atom is -0.394 e. The van der Waals surface area contributed by atoms with Crippen LogP contribution in [0.3, 0.4) is 0 Å². The number of amides is 1. The summed E-state index contributed by atoms with van der Waals surface area (Å²) < 4.78 is 11.2. The van der Waals surface area contributed by atoms with E-state index in [4.69, 9.17) is 9.47 Å². The van der Waals surface area contributed by atoms with Crippen LogP contribution in [0, 0.1) is 0 Å². The molecule has 0 spiro atoms. The standard InChI is InChI=1S/C71H139NO10/c1-3-5-7-9-11-13-15-17-19-21-22-23-24-25-26-27-28-29-30-31-32-33-34-35-36-37-38-39-40-41-43-45-47-49-51-53-55-57-59-64(75)70(80)72-62(61-81-71-69(79)68(78)67(77)65(60-73)82-71)66(76)63(74)58-56-54-52-50-48-46-44-42-20-18-16-14-12-10-8-6-4-2/h31-32,62-69,71,73-79H,3-30,33-61H2,1-2H3,(H,72,80)/b32-31-. The molecule has 1 amide bonds. The smallest absolute Gasteiger partial charge is 0.249 e. The van der Waals surface area contributed by atoms with Gasteiger partial charge in [-0.2, -0.15) is 0 Å². The average Bonchev–Trinajstić information content (AvgIpc) is 3.53. The normalized spacial score (nSPS) is 19.1.